The van der Waals surface area contributed by atoms with E-state index in [2.05, 4.69) is 20.6 Å². The van der Waals surface area contributed by atoms with Crippen LogP contribution in [0.4, 0.5) is 10.1 Å². The van der Waals surface area contributed by atoms with Gasteiger partial charge in [-0.15, -0.1) is 11.3 Å². The highest BCUT2D eigenvalue weighted by Gasteiger charge is 2.27. The topological polar surface area (TPSA) is 107 Å². The van der Waals surface area contributed by atoms with E-state index in [1.54, 1.807) is 12.3 Å². The lowest BCUT2D eigenvalue weighted by atomic mass is 10.0. The number of aliphatic hydroxyl groups is 1. The quantitative estimate of drug-likeness (QED) is 0.458. The maximum Gasteiger partial charge on any atom is 0.255 e. The Kier molecular flexibility index (Phi) is 6.23. The monoisotopic (exact) mass is 432 g/mol. The molecule has 0 radical (unpaired) electrons. The van der Waals surface area contributed by atoms with Gasteiger partial charge in [-0.05, 0) is 39.8 Å². The molecule has 0 aliphatic carbocycles. The second-order valence-electron chi connectivity index (χ2n) is 7.95. The number of nitrogens with zero attached hydrogens (tertiary/aromatic N) is 1. The first kappa shape index (κ1) is 21.9. The summed E-state index contributed by atoms with van der Waals surface area (Å²) in [5, 5.41) is 16.3. The first-order valence-corrected chi connectivity index (χ1v) is 10.4. The van der Waals surface area contributed by atoms with Gasteiger partial charge in [0.25, 0.3) is 5.91 Å². The van der Waals surface area contributed by atoms with Crippen molar-refractivity contribution in [1.29, 1.82) is 0 Å². The summed E-state index contributed by atoms with van der Waals surface area (Å²) in [5.41, 5.74) is 0.0110. The summed E-state index contributed by atoms with van der Waals surface area (Å²) in [6.07, 6.45) is 1.49. The minimum absolute atomic E-state index is 0.0453. The van der Waals surface area contributed by atoms with E-state index in [4.69, 9.17) is 0 Å². The molecule has 0 aliphatic rings. The standard InChI is InChI=1S/C21H25FN4O3S/c1-11(2)26-18-13-7-15(12-5-6-17(27)23-8-12)30-20(13)25-9-14(18)19(28)24-10-16(22)21(3,4)29/h5-9,11,16,29H,10H2,1-4H3,(H,23,27)(H,24,28)(H,25,26)/t16-/m1/s1. The van der Waals surface area contributed by atoms with Crippen molar-refractivity contribution in [2.24, 2.45) is 0 Å². The first-order chi connectivity index (χ1) is 14.1. The van der Waals surface area contributed by atoms with Crippen LogP contribution in [0.1, 0.15) is 38.1 Å². The Morgan fingerprint density at radius 1 is 1.37 bits per heavy atom. The van der Waals surface area contributed by atoms with Gasteiger partial charge in [0.15, 0.2) is 0 Å². The molecule has 1 amide bonds. The number of halogens is 1. The number of H-pyrrole nitrogens is 1. The second kappa shape index (κ2) is 8.53. The van der Waals surface area contributed by atoms with E-state index in [0.29, 0.717) is 11.3 Å². The number of hydrogen-bond acceptors (Lipinski definition) is 6. The zero-order valence-corrected chi connectivity index (χ0v) is 18.1. The molecule has 3 rings (SSSR count). The largest absolute Gasteiger partial charge is 0.387 e. The highest BCUT2D eigenvalue weighted by Crippen LogP contribution is 2.37. The minimum atomic E-state index is -1.60. The van der Waals surface area contributed by atoms with E-state index < -0.39 is 17.7 Å². The smallest absolute Gasteiger partial charge is 0.255 e. The summed E-state index contributed by atoms with van der Waals surface area (Å²) in [7, 11) is 0. The number of carbonyl (C=O) groups is 1. The van der Waals surface area contributed by atoms with Gasteiger partial charge in [-0.3, -0.25) is 9.59 Å². The van der Waals surface area contributed by atoms with Crippen LogP contribution in [0.25, 0.3) is 20.7 Å². The van der Waals surface area contributed by atoms with Gasteiger partial charge in [-0.1, -0.05) is 0 Å². The molecule has 0 aromatic carbocycles. The van der Waals surface area contributed by atoms with Gasteiger partial charge in [-0.2, -0.15) is 0 Å². The lowest BCUT2D eigenvalue weighted by molar-refractivity contribution is -0.00177. The molecule has 4 N–H and O–H groups in total. The molecule has 0 unspecified atom stereocenters. The second-order valence-corrected chi connectivity index (χ2v) is 8.98. The van der Waals surface area contributed by atoms with Crippen molar-refractivity contribution in [3.05, 3.63) is 46.5 Å². The fourth-order valence-corrected chi connectivity index (χ4v) is 3.85. The number of amides is 1. The predicted octanol–water partition coefficient (Wildman–Crippen LogP) is 3.31. The van der Waals surface area contributed by atoms with E-state index >= 15 is 0 Å². The number of anilines is 1. The number of aromatic nitrogens is 2. The minimum Gasteiger partial charge on any atom is -0.387 e. The maximum absolute atomic E-state index is 14.0. The van der Waals surface area contributed by atoms with E-state index in [1.165, 1.54) is 37.4 Å². The number of rotatable bonds is 7. The molecule has 0 saturated heterocycles. The van der Waals surface area contributed by atoms with Crippen molar-refractivity contribution in [2.45, 2.75) is 45.5 Å². The molecule has 1 atom stereocenters. The van der Waals surface area contributed by atoms with Gasteiger partial charge in [0.1, 0.15) is 11.0 Å². The van der Waals surface area contributed by atoms with Gasteiger partial charge in [0.2, 0.25) is 5.56 Å². The molecule has 0 spiro atoms. The zero-order chi connectivity index (χ0) is 22.1. The molecule has 0 saturated carbocycles. The Balaban J connectivity index is 1.98. The molecule has 3 aromatic heterocycles. The molecule has 0 fully saturated rings. The van der Waals surface area contributed by atoms with Crippen LogP contribution < -0.4 is 16.2 Å². The number of nitrogens with one attached hydrogen (secondary N) is 3. The van der Waals surface area contributed by atoms with Crippen LogP contribution in [0.5, 0.6) is 0 Å². The molecule has 3 heterocycles. The summed E-state index contributed by atoms with van der Waals surface area (Å²) < 4.78 is 14.0. The van der Waals surface area contributed by atoms with Crippen molar-refractivity contribution in [1.82, 2.24) is 15.3 Å². The number of fused-ring (bicyclic) bond motifs is 1. The van der Waals surface area contributed by atoms with Gasteiger partial charge in [-0.25, -0.2) is 9.37 Å². The van der Waals surface area contributed by atoms with Crippen LogP contribution in [0.15, 0.2) is 35.4 Å². The number of aromatic amines is 1. The zero-order valence-electron chi connectivity index (χ0n) is 17.2. The Morgan fingerprint density at radius 2 is 2.10 bits per heavy atom. The fourth-order valence-electron chi connectivity index (χ4n) is 2.84. The Hall–Kier alpha value is -2.78. The number of carbonyl (C=O) groups excluding carboxylic acids is 1. The lowest BCUT2D eigenvalue weighted by Gasteiger charge is -2.23. The van der Waals surface area contributed by atoms with Gasteiger partial charge in [0, 0.05) is 40.3 Å². The average Bonchev–Trinajstić information content (AvgIpc) is 3.10. The summed E-state index contributed by atoms with van der Waals surface area (Å²) in [5.74, 6) is -0.476. The predicted molar refractivity (Wildman–Crippen MR) is 118 cm³/mol. The van der Waals surface area contributed by atoms with Crippen LogP contribution in [0.2, 0.25) is 0 Å². The molecule has 30 heavy (non-hydrogen) atoms. The van der Waals surface area contributed by atoms with Gasteiger partial charge in [0.05, 0.1) is 23.4 Å². The van der Waals surface area contributed by atoms with Crippen molar-refractivity contribution in [3.8, 4) is 10.4 Å². The normalized spacial score (nSPS) is 12.9. The molecule has 9 heteroatoms. The summed E-state index contributed by atoms with van der Waals surface area (Å²) in [4.78, 5) is 32.8. The van der Waals surface area contributed by atoms with E-state index in [1.807, 2.05) is 19.9 Å². The SMILES string of the molecule is CC(C)Nc1c(C(=O)NC[C@@H](F)C(C)(C)O)cnc2sc(-c3ccc(=O)[nH]c3)cc12. The number of hydrogen-bond donors (Lipinski definition) is 4. The number of alkyl halides is 1. The number of pyridine rings is 2. The van der Waals surface area contributed by atoms with Crippen LogP contribution in [-0.4, -0.2) is 45.3 Å². The third-order valence-electron chi connectivity index (χ3n) is 4.52. The molecular formula is C21H25FN4O3S. The van der Waals surface area contributed by atoms with Crippen molar-refractivity contribution in [2.75, 3.05) is 11.9 Å². The summed E-state index contributed by atoms with van der Waals surface area (Å²) >= 11 is 1.44. The third-order valence-corrected chi connectivity index (χ3v) is 5.61. The molecule has 160 valence electrons. The van der Waals surface area contributed by atoms with Crippen LogP contribution in [0, 0.1) is 0 Å². The molecule has 0 bridgehead atoms. The molecule has 7 nitrogen and oxygen atoms in total. The van der Waals surface area contributed by atoms with E-state index in [-0.39, 0.29) is 18.1 Å². The van der Waals surface area contributed by atoms with Crippen LogP contribution in [0.3, 0.4) is 0 Å². The lowest BCUT2D eigenvalue weighted by Crippen LogP contribution is -2.42. The van der Waals surface area contributed by atoms with Gasteiger partial charge >= 0.3 is 0 Å². The fraction of sp³-hybridized carbons (Fsp3) is 0.381. The molecule has 0 aliphatic heterocycles. The highest BCUT2D eigenvalue weighted by atomic mass is 32.1. The first-order valence-electron chi connectivity index (χ1n) is 9.59. The third kappa shape index (κ3) is 4.85. The highest BCUT2D eigenvalue weighted by molar-refractivity contribution is 7.21. The molecular weight excluding hydrogens is 407 g/mol. The number of thiophene rings is 1. The van der Waals surface area contributed by atoms with Crippen molar-refractivity contribution in [3.63, 3.8) is 0 Å². The average molecular weight is 433 g/mol. The molecule has 3 aromatic rings. The Bertz CT molecular complexity index is 1100. The van der Waals surface area contributed by atoms with Crippen molar-refractivity contribution >= 4 is 33.1 Å². The maximum atomic E-state index is 14.0. The van der Waals surface area contributed by atoms with Gasteiger partial charge < -0.3 is 20.7 Å². The van der Waals surface area contributed by atoms with Crippen molar-refractivity contribution < 1.29 is 14.3 Å². The summed E-state index contributed by atoms with van der Waals surface area (Å²) in [6.45, 7) is 6.30. The Labute approximate surface area is 177 Å². The van der Waals surface area contributed by atoms with Crippen LogP contribution >= 0.6 is 11.3 Å². The summed E-state index contributed by atoms with van der Waals surface area (Å²) in [6, 6.07) is 5.14. The van der Waals surface area contributed by atoms with E-state index in [9.17, 15) is 19.1 Å². The van der Waals surface area contributed by atoms with E-state index in [0.717, 1.165) is 20.7 Å². The Morgan fingerprint density at radius 3 is 2.70 bits per heavy atom. The van der Waals surface area contributed by atoms with Crippen LogP contribution in [-0.2, 0) is 0 Å².